The molecule has 25 heavy (non-hydrogen) atoms. The minimum atomic E-state index is -0.0516. The van der Waals surface area contributed by atoms with Crippen LogP contribution in [-0.2, 0) is 13.0 Å². The Hall–Kier alpha value is -2.85. The molecular weight excluding hydrogens is 312 g/mol. The number of nitrogens with two attached hydrogens (primary N) is 1. The summed E-state index contributed by atoms with van der Waals surface area (Å²) in [7, 11) is 0. The number of pyridine rings is 1. The van der Waals surface area contributed by atoms with Gasteiger partial charge in [-0.05, 0) is 30.2 Å². The van der Waals surface area contributed by atoms with Gasteiger partial charge in [0.25, 0.3) is 0 Å². The summed E-state index contributed by atoms with van der Waals surface area (Å²) in [6.45, 7) is 1.02. The van der Waals surface area contributed by atoms with Crippen molar-refractivity contribution in [3.05, 3.63) is 78.1 Å². The Balaban J connectivity index is 1.43. The topological polar surface area (TPSA) is 57.4 Å². The third kappa shape index (κ3) is 3.49. The summed E-state index contributed by atoms with van der Waals surface area (Å²) in [5.41, 5.74) is 10.7. The predicted octanol–water partition coefficient (Wildman–Crippen LogP) is 3.59. The molecule has 2 N–H and O–H groups in total. The summed E-state index contributed by atoms with van der Waals surface area (Å²) in [6.07, 6.45) is 4.47. The fourth-order valence-corrected chi connectivity index (χ4v) is 3.06. The van der Waals surface area contributed by atoms with Gasteiger partial charge in [0.2, 0.25) is 0 Å². The summed E-state index contributed by atoms with van der Waals surface area (Å²) in [6, 6.07) is 18.1. The van der Waals surface area contributed by atoms with Gasteiger partial charge in [0, 0.05) is 41.2 Å². The van der Waals surface area contributed by atoms with Crippen molar-refractivity contribution < 1.29 is 9.47 Å². The quantitative estimate of drug-likeness (QED) is 0.776. The average Bonchev–Trinajstić information content (AvgIpc) is 2.67. The van der Waals surface area contributed by atoms with Crippen LogP contribution >= 0.6 is 0 Å². The van der Waals surface area contributed by atoms with E-state index in [1.165, 1.54) is 5.56 Å². The Morgan fingerprint density at radius 1 is 1.08 bits per heavy atom. The number of rotatable bonds is 5. The molecule has 0 radical (unpaired) electrons. The minimum Gasteiger partial charge on any atom is -0.492 e. The smallest absolute Gasteiger partial charge is 0.131 e. The van der Waals surface area contributed by atoms with Gasteiger partial charge in [0.1, 0.15) is 24.7 Å². The van der Waals surface area contributed by atoms with E-state index in [9.17, 15) is 0 Å². The number of ether oxygens (including phenoxy) is 2. The summed E-state index contributed by atoms with van der Waals surface area (Å²) < 4.78 is 11.7. The van der Waals surface area contributed by atoms with Crippen LogP contribution in [0.5, 0.6) is 11.5 Å². The fourth-order valence-electron chi connectivity index (χ4n) is 3.06. The SMILES string of the molecule is NC(COc1ccc2c(c1)OCc1ccncc1-2)Cc1ccccc1. The van der Waals surface area contributed by atoms with Gasteiger partial charge in [-0.2, -0.15) is 0 Å². The summed E-state index contributed by atoms with van der Waals surface area (Å²) in [5, 5.41) is 0. The lowest BCUT2D eigenvalue weighted by Crippen LogP contribution is -2.30. The number of fused-ring (bicyclic) bond motifs is 3. The lowest BCUT2D eigenvalue weighted by atomic mass is 9.99. The van der Waals surface area contributed by atoms with E-state index in [1.54, 1.807) is 6.20 Å². The minimum absolute atomic E-state index is 0.0516. The highest BCUT2D eigenvalue weighted by molar-refractivity contribution is 5.75. The maximum absolute atomic E-state index is 6.19. The molecule has 3 aromatic rings. The molecule has 0 saturated carbocycles. The van der Waals surface area contributed by atoms with Crippen molar-refractivity contribution in [3.8, 4) is 22.6 Å². The molecule has 4 rings (SSSR count). The number of hydrogen-bond acceptors (Lipinski definition) is 4. The molecule has 1 aromatic heterocycles. The van der Waals surface area contributed by atoms with Crippen LogP contribution in [0, 0.1) is 0 Å². The zero-order valence-corrected chi connectivity index (χ0v) is 13.9. The number of hydrogen-bond donors (Lipinski definition) is 1. The van der Waals surface area contributed by atoms with Crippen LogP contribution in [-0.4, -0.2) is 17.6 Å². The molecule has 1 aliphatic rings. The van der Waals surface area contributed by atoms with Gasteiger partial charge in [-0.25, -0.2) is 0 Å². The lowest BCUT2D eigenvalue weighted by Gasteiger charge is -2.21. The molecule has 2 aromatic carbocycles. The van der Waals surface area contributed by atoms with Crippen molar-refractivity contribution in [1.29, 1.82) is 0 Å². The van der Waals surface area contributed by atoms with Gasteiger partial charge >= 0.3 is 0 Å². The Kier molecular flexibility index (Phi) is 4.36. The van der Waals surface area contributed by atoms with Crippen LogP contribution in [0.2, 0.25) is 0 Å². The molecule has 0 saturated heterocycles. The first-order valence-corrected chi connectivity index (χ1v) is 8.42. The summed E-state index contributed by atoms with van der Waals surface area (Å²) in [4.78, 5) is 4.22. The van der Waals surface area contributed by atoms with Crippen molar-refractivity contribution in [2.24, 2.45) is 5.73 Å². The van der Waals surface area contributed by atoms with Crippen LogP contribution in [0.3, 0.4) is 0 Å². The molecule has 4 nitrogen and oxygen atoms in total. The Bertz CT molecular complexity index is 865. The summed E-state index contributed by atoms with van der Waals surface area (Å²) in [5.74, 6) is 1.60. The van der Waals surface area contributed by atoms with Crippen molar-refractivity contribution in [2.75, 3.05) is 6.61 Å². The van der Waals surface area contributed by atoms with E-state index >= 15 is 0 Å². The van der Waals surface area contributed by atoms with Crippen LogP contribution in [0.4, 0.5) is 0 Å². The zero-order chi connectivity index (χ0) is 17.1. The maximum Gasteiger partial charge on any atom is 0.131 e. The van der Waals surface area contributed by atoms with Crippen molar-refractivity contribution in [3.63, 3.8) is 0 Å². The van der Waals surface area contributed by atoms with E-state index in [4.69, 9.17) is 15.2 Å². The Morgan fingerprint density at radius 3 is 2.84 bits per heavy atom. The first-order chi connectivity index (χ1) is 12.3. The largest absolute Gasteiger partial charge is 0.492 e. The highest BCUT2D eigenvalue weighted by Crippen LogP contribution is 2.38. The second-order valence-corrected chi connectivity index (χ2v) is 6.24. The summed E-state index contributed by atoms with van der Waals surface area (Å²) >= 11 is 0. The molecule has 2 heterocycles. The third-order valence-corrected chi connectivity index (χ3v) is 4.34. The van der Waals surface area contributed by atoms with Crippen LogP contribution in [0.15, 0.2) is 67.0 Å². The van der Waals surface area contributed by atoms with E-state index < -0.39 is 0 Å². The van der Waals surface area contributed by atoms with E-state index in [1.807, 2.05) is 48.7 Å². The maximum atomic E-state index is 6.19. The molecule has 1 unspecified atom stereocenters. The van der Waals surface area contributed by atoms with Crippen molar-refractivity contribution >= 4 is 0 Å². The molecule has 4 heteroatoms. The number of aromatic nitrogens is 1. The fraction of sp³-hybridized carbons (Fsp3) is 0.190. The van der Waals surface area contributed by atoms with E-state index in [-0.39, 0.29) is 6.04 Å². The van der Waals surface area contributed by atoms with E-state index in [0.29, 0.717) is 13.2 Å². The predicted molar refractivity (Wildman–Crippen MR) is 97.6 cm³/mol. The van der Waals surface area contributed by atoms with Gasteiger partial charge in [0.15, 0.2) is 0 Å². The van der Waals surface area contributed by atoms with Gasteiger partial charge in [0.05, 0.1) is 0 Å². The molecule has 1 aliphatic heterocycles. The highest BCUT2D eigenvalue weighted by Gasteiger charge is 2.18. The van der Waals surface area contributed by atoms with Gasteiger partial charge in [-0.15, -0.1) is 0 Å². The second-order valence-electron chi connectivity index (χ2n) is 6.24. The standard InChI is InChI=1S/C21H20N2O2/c22-17(10-15-4-2-1-3-5-15)14-24-18-6-7-19-20-12-23-9-8-16(20)13-25-21(19)11-18/h1-9,11-12,17H,10,13-14,22H2. The first-order valence-electron chi connectivity index (χ1n) is 8.42. The van der Waals surface area contributed by atoms with E-state index in [2.05, 4.69) is 17.1 Å². The normalized spacial score (nSPS) is 13.3. The van der Waals surface area contributed by atoms with Gasteiger partial charge in [-0.1, -0.05) is 30.3 Å². The molecule has 0 spiro atoms. The van der Waals surface area contributed by atoms with Crippen molar-refractivity contribution in [1.82, 2.24) is 4.98 Å². The zero-order valence-electron chi connectivity index (χ0n) is 13.9. The van der Waals surface area contributed by atoms with Crippen LogP contribution in [0.25, 0.3) is 11.1 Å². The lowest BCUT2D eigenvalue weighted by molar-refractivity contribution is 0.278. The van der Waals surface area contributed by atoms with Gasteiger partial charge in [-0.3, -0.25) is 4.98 Å². The Labute approximate surface area is 147 Å². The molecule has 0 bridgehead atoms. The van der Waals surface area contributed by atoms with Crippen molar-refractivity contribution in [2.45, 2.75) is 19.1 Å². The average molecular weight is 332 g/mol. The Morgan fingerprint density at radius 2 is 1.96 bits per heavy atom. The van der Waals surface area contributed by atoms with Gasteiger partial charge < -0.3 is 15.2 Å². The van der Waals surface area contributed by atoms with E-state index in [0.717, 1.165) is 34.6 Å². The van der Waals surface area contributed by atoms with Crippen LogP contribution in [0.1, 0.15) is 11.1 Å². The molecule has 1 atom stereocenters. The van der Waals surface area contributed by atoms with Crippen LogP contribution < -0.4 is 15.2 Å². The number of nitrogens with zero attached hydrogens (tertiary/aromatic N) is 1. The monoisotopic (exact) mass is 332 g/mol. The molecule has 0 fully saturated rings. The molecule has 0 amide bonds. The first kappa shape index (κ1) is 15.7. The molecule has 0 aliphatic carbocycles. The third-order valence-electron chi connectivity index (χ3n) is 4.34. The molecule has 126 valence electrons. The number of benzene rings is 2. The molecular formula is C21H20N2O2. The highest BCUT2D eigenvalue weighted by atomic mass is 16.5. The second kappa shape index (κ2) is 6.95.